The zero-order chi connectivity index (χ0) is 8.27. The summed E-state index contributed by atoms with van der Waals surface area (Å²) in [6, 6.07) is 5.44. The van der Waals surface area contributed by atoms with Crippen LogP contribution in [0, 0.1) is 0 Å². The van der Waals surface area contributed by atoms with Crippen molar-refractivity contribution >= 4 is 17.5 Å². The molecule has 1 rings (SSSR count). The van der Waals surface area contributed by atoms with E-state index in [1.807, 2.05) is 12.1 Å². The summed E-state index contributed by atoms with van der Waals surface area (Å²) >= 11 is 0. The highest BCUT2D eigenvalue weighted by atomic mass is 14.7. The minimum Gasteiger partial charge on any atom is -0.405 e. The van der Waals surface area contributed by atoms with Gasteiger partial charge in [-0.05, 0) is 18.3 Å². The summed E-state index contributed by atoms with van der Waals surface area (Å²) in [7, 11) is 0. The van der Waals surface area contributed by atoms with Crippen molar-refractivity contribution in [3.63, 3.8) is 0 Å². The third-order valence-corrected chi connectivity index (χ3v) is 1.45. The van der Waals surface area contributed by atoms with Crippen molar-refractivity contribution < 1.29 is 0 Å². The Hall–Kier alpha value is -1.64. The molecule has 0 bridgehead atoms. The fourth-order valence-corrected chi connectivity index (χ4v) is 0.851. The van der Waals surface area contributed by atoms with E-state index in [-0.39, 0.29) is 0 Å². The standard InChI is InChI=1S/C8H11N3/c9-5-4-6-2-1-3-7(10)8(6)11/h1-5H,9-11H2/b5-4+. The SMILES string of the molecule is N/C=C/c1cccc(N)c1N. The number of para-hydroxylation sites is 1. The average molecular weight is 149 g/mol. The van der Waals surface area contributed by atoms with Crippen LogP contribution in [0.15, 0.2) is 24.4 Å². The third kappa shape index (κ3) is 1.43. The molecule has 58 valence electrons. The largest absolute Gasteiger partial charge is 0.405 e. The van der Waals surface area contributed by atoms with E-state index in [4.69, 9.17) is 17.2 Å². The highest BCUT2D eigenvalue weighted by molar-refractivity contribution is 5.75. The third-order valence-electron chi connectivity index (χ3n) is 1.45. The predicted octanol–water partition coefficient (Wildman–Crippen LogP) is 0.780. The van der Waals surface area contributed by atoms with Crippen LogP contribution < -0.4 is 17.2 Å². The number of rotatable bonds is 1. The van der Waals surface area contributed by atoms with Gasteiger partial charge in [-0.3, -0.25) is 0 Å². The van der Waals surface area contributed by atoms with Crippen LogP contribution in [0.25, 0.3) is 6.08 Å². The van der Waals surface area contributed by atoms with Gasteiger partial charge in [0.05, 0.1) is 11.4 Å². The van der Waals surface area contributed by atoms with Gasteiger partial charge in [-0.15, -0.1) is 0 Å². The van der Waals surface area contributed by atoms with E-state index < -0.39 is 0 Å². The van der Waals surface area contributed by atoms with Crippen LogP contribution in [0.1, 0.15) is 5.56 Å². The highest BCUT2D eigenvalue weighted by Crippen LogP contribution is 2.19. The van der Waals surface area contributed by atoms with Gasteiger partial charge in [-0.1, -0.05) is 12.1 Å². The van der Waals surface area contributed by atoms with Crippen LogP contribution in [-0.2, 0) is 0 Å². The van der Waals surface area contributed by atoms with E-state index >= 15 is 0 Å². The first kappa shape index (κ1) is 7.47. The number of anilines is 2. The van der Waals surface area contributed by atoms with E-state index in [0.717, 1.165) is 5.56 Å². The van der Waals surface area contributed by atoms with Crippen LogP contribution >= 0.6 is 0 Å². The summed E-state index contributed by atoms with van der Waals surface area (Å²) in [6.07, 6.45) is 3.15. The fraction of sp³-hybridized carbons (Fsp3) is 0. The average Bonchev–Trinajstić information content (AvgIpc) is 1.99. The second-order valence-electron chi connectivity index (χ2n) is 2.21. The summed E-state index contributed by atoms with van der Waals surface area (Å²) in [5.41, 5.74) is 18.4. The van der Waals surface area contributed by atoms with Crippen LogP contribution in [0.4, 0.5) is 11.4 Å². The Bertz CT molecular complexity index is 279. The van der Waals surface area contributed by atoms with Crippen LogP contribution in [0.5, 0.6) is 0 Å². The summed E-state index contributed by atoms with van der Waals surface area (Å²) in [5.74, 6) is 0. The fourth-order valence-electron chi connectivity index (χ4n) is 0.851. The Labute approximate surface area is 65.5 Å². The Morgan fingerprint density at radius 2 is 1.91 bits per heavy atom. The summed E-state index contributed by atoms with van der Waals surface area (Å²) in [4.78, 5) is 0. The second-order valence-corrected chi connectivity index (χ2v) is 2.21. The Morgan fingerprint density at radius 1 is 1.18 bits per heavy atom. The predicted molar refractivity (Wildman–Crippen MR) is 48.5 cm³/mol. The topological polar surface area (TPSA) is 78.1 Å². The highest BCUT2D eigenvalue weighted by Gasteiger charge is 1.96. The molecule has 3 heteroatoms. The minimum absolute atomic E-state index is 0.578. The quantitative estimate of drug-likeness (QED) is 0.516. The van der Waals surface area contributed by atoms with Crippen molar-refractivity contribution in [3.05, 3.63) is 30.0 Å². The van der Waals surface area contributed by atoms with Gasteiger partial charge in [0.25, 0.3) is 0 Å². The van der Waals surface area contributed by atoms with Crippen molar-refractivity contribution in [2.75, 3.05) is 11.5 Å². The molecule has 0 aliphatic heterocycles. The Balaban J connectivity index is 3.16. The monoisotopic (exact) mass is 149 g/mol. The van der Waals surface area contributed by atoms with Crippen LogP contribution in [0.2, 0.25) is 0 Å². The van der Waals surface area contributed by atoms with Crippen molar-refractivity contribution in [2.45, 2.75) is 0 Å². The number of nitrogens with two attached hydrogens (primary N) is 3. The lowest BCUT2D eigenvalue weighted by atomic mass is 10.1. The molecule has 0 aliphatic rings. The Kier molecular flexibility index (Phi) is 2.01. The lowest BCUT2D eigenvalue weighted by molar-refractivity contribution is 1.59. The molecule has 0 aliphatic carbocycles. The molecule has 3 nitrogen and oxygen atoms in total. The maximum Gasteiger partial charge on any atom is 0.0621 e. The summed E-state index contributed by atoms with van der Waals surface area (Å²) in [5, 5.41) is 0. The summed E-state index contributed by atoms with van der Waals surface area (Å²) < 4.78 is 0. The molecule has 1 aromatic carbocycles. The molecule has 6 N–H and O–H groups in total. The molecule has 0 heterocycles. The Morgan fingerprint density at radius 3 is 2.55 bits per heavy atom. The summed E-state index contributed by atoms with van der Waals surface area (Å²) in [6.45, 7) is 0. The number of nitrogen functional groups attached to an aromatic ring is 2. The van der Waals surface area contributed by atoms with Gasteiger partial charge >= 0.3 is 0 Å². The number of hydrogen-bond donors (Lipinski definition) is 3. The van der Waals surface area contributed by atoms with E-state index in [9.17, 15) is 0 Å². The van der Waals surface area contributed by atoms with Gasteiger partial charge in [0.1, 0.15) is 0 Å². The van der Waals surface area contributed by atoms with Gasteiger partial charge in [-0.2, -0.15) is 0 Å². The smallest absolute Gasteiger partial charge is 0.0621 e. The maximum atomic E-state index is 5.64. The van der Waals surface area contributed by atoms with E-state index in [1.165, 1.54) is 6.20 Å². The molecule has 0 spiro atoms. The van der Waals surface area contributed by atoms with E-state index in [0.29, 0.717) is 11.4 Å². The number of benzene rings is 1. The van der Waals surface area contributed by atoms with Crippen molar-refractivity contribution in [1.29, 1.82) is 0 Å². The first-order chi connectivity index (χ1) is 5.25. The zero-order valence-electron chi connectivity index (χ0n) is 6.12. The van der Waals surface area contributed by atoms with Gasteiger partial charge in [0.15, 0.2) is 0 Å². The minimum atomic E-state index is 0.578. The van der Waals surface area contributed by atoms with Gasteiger partial charge in [-0.25, -0.2) is 0 Å². The van der Waals surface area contributed by atoms with Crippen molar-refractivity contribution in [1.82, 2.24) is 0 Å². The van der Waals surface area contributed by atoms with Gasteiger partial charge in [0.2, 0.25) is 0 Å². The second kappa shape index (κ2) is 2.96. The lowest BCUT2D eigenvalue weighted by Crippen LogP contribution is -1.96. The zero-order valence-corrected chi connectivity index (χ0v) is 6.12. The molecule has 0 aromatic heterocycles. The molecule has 0 fully saturated rings. The van der Waals surface area contributed by atoms with Crippen LogP contribution in [0.3, 0.4) is 0 Å². The molecule has 0 amide bonds. The number of hydrogen-bond acceptors (Lipinski definition) is 3. The van der Waals surface area contributed by atoms with E-state index in [1.54, 1.807) is 12.1 Å². The first-order valence-electron chi connectivity index (χ1n) is 3.28. The van der Waals surface area contributed by atoms with Gasteiger partial charge < -0.3 is 17.2 Å². The maximum absolute atomic E-state index is 5.64. The lowest BCUT2D eigenvalue weighted by Gasteiger charge is -2.02. The van der Waals surface area contributed by atoms with Gasteiger partial charge in [0, 0.05) is 5.56 Å². The molecule has 0 saturated heterocycles. The molecule has 1 aromatic rings. The molecule has 0 radical (unpaired) electrons. The first-order valence-corrected chi connectivity index (χ1v) is 3.28. The van der Waals surface area contributed by atoms with Crippen LogP contribution in [-0.4, -0.2) is 0 Å². The molecule has 11 heavy (non-hydrogen) atoms. The molecular weight excluding hydrogens is 138 g/mol. The molecule has 0 atom stereocenters. The van der Waals surface area contributed by atoms with Crippen molar-refractivity contribution in [2.24, 2.45) is 5.73 Å². The molecule has 0 saturated carbocycles. The molecular formula is C8H11N3. The van der Waals surface area contributed by atoms with E-state index in [2.05, 4.69) is 0 Å². The van der Waals surface area contributed by atoms with Crippen molar-refractivity contribution in [3.8, 4) is 0 Å². The molecule has 0 unspecified atom stereocenters. The normalized spacial score (nSPS) is 10.5.